The largest absolute Gasteiger partial charge is 0.477 e. The van der Waals surface area contributed by atoms with Crippen molar-refractivity contribution in [1.82, 2.24) is 4.98 Å². The van der Waals surface area contributed by atoms with Crippen LogP contribution in [0.25, 0.3) is 0 Å². The number of pyridine rings is 1. The highest BCUT2D eigenvalue weighted by molar-refractivity contribution is 5.87. The topological polar surface area (TPSA) is 70.2 Å². The summed E-state index contributed by atoms with van der Waals surface area (Å²) in [6.45, 7) is 0. The van der Waals surface area contributed by atoms with E-state index >= 15 is 0 Å². The fourth-order valence-electron chi connectivity index (χ4n) is 2.19. The Balaban J connectivity index is 2.45. The second-order valence-electron chi connectivity index (χ2n) is 4.24. The molecule has 0 saturated heterocycles. The molecule has 0 fully saturated rings. The lowest BCUT2D eigenvalue weighted by molar-refractivity contribution is 0.0694. The first-order chi connectivity index (χ1) is 7.68. The van der Waals surface area contributed by atoms with E-state index in [9.17, 15) is 9.59 Å². The zero-order chi connectivity index (χ0) is 11.5. The monoisotopic (exact) mass is 221 g/mol. The first kappa shape index (κ1) is 10.9. The van der Waals surface area contributed by atoms with Crippen molar-refractivity contribution in [2.24, 2.45) is 0 Å². The van der Waals surface area contributed by atoms with Crippen LogP contribution in [0.5, 0.6) is 0 Å². The van der Waals surface area contributed by atoms with Crippen molar-refractivity contribution in [2.45, 2.75) is 38.5 Å². The number of hydrogen-bond acceptors (Lipinski definition) is 2. The summed E-state index contributed by atoms with van der Waals surface area (Å²) in [5, 5.41) is 8.87. The highest BCUT2D eigenvalue weighted by Gasteiger charge is 2.14. The smallest absolute Gasteiger partial charge is 0.341 e. The molecular formula is C12H15NO3. The molecule has 1 aliphatic rings. The average Bonchev–Trinajstić information content (AvgIpc) is 2.20. The highest BCUT2D eigenvalue weighted by atomic mass is 16.4. The van der Waals surface area contributed by atoms with Gasteiger partial charge >= 0.3 is 5.97 Å². The van der Waals surface area contributed by atoms with Crippen molar-refractivity contribution in [3.8, 4) is 0 Å². The second kappa shape index (κ2) is 4.51. The summed E-state index contributed by atoms with van der Waals surface area (Å²) in [7, 11) is 0. The summed E-state index contributed by atoms with van der Waals surface area (Å²) in [5.41, 5.74) is 1.30. The molecule has 0 unspecified atom stereocenters. The standard InChI is InChI=1S/C12H15NO3/c14-11-9(12(15)16)7-8-5-3-1-2-4-6-10(8)13-11/h7H,1-6H2,(H,13,14)(H,15,16). The Hall–Kier alpha value is -1.58. The molecule has 0 aliphatic heterocycles. The molecule has 86 valence electrons. The van der Waals surface area contributed by atoms with Crippen molar-refractivity contribution in [3.05, 3.63) is 33.2 Å². The van der Waals surface area contributed by atoms with Crippen LogP contribution in [0.15, 0.2) is 10.9 Å². The van der Waals surface area contributed by atoms with Crippen molar-refractivity contribution < 1.29 is 9.90 Å². The van der Waals surface area contributed by atoms with Gasteiger partial charge in [-0.3, -0.25) is 4.79 Å². The Morgan fingerprint density at radius 3 is 2.56 bits per heavy atom. The lowest BCUT2D eigenvalue weighted by Gasteiger charge is -2.13. The number of aryl methyl sites for hydroxylation is 2. The van der Waals surface area contributed by atoms with Gasteiger partial charge in [0.05, 0.1) is 0 Å². The van der Waals surface area contributed by atoms with Crippen LogP contribution in [0.1, 0.15) is 47.3 Å². The molecule has 0 spiro atoms. The summed E-state index contributed by atoms with van der Waals surface area (Å²) >= 11 is 0. The molecule has 0 atom stereocenters. The molecule has 16 heavy (non-hydrogen) atoms. The van der Waals surface area contributed by atoms with E-state index in [1.165, 1.54) is 12.8 Å². The molecule has 1 aromatic rings. The predicted molar refractivity (Wildman–Crippen MR) is 59.9 cm³/mol. The highest BCUT2D eigenvalue weighted by Crippen LogP contribution is 2.18. The van der Waals surface area contributed by atoms with Crippen molar-refractivity contribution in [1.29, 1.82) is 0 Å². The van der Waals surface area contributed by atoms with Gasteiger partial charge in [-0.05, 0) is 37.3 Å². The van der Waals surface area contributed by atoms with Crippen LogP contribution in [0.3, 0.4) is 0 Å². The van der Waals surface area contributed by atoms with Crippen LogP contribution < -0.4 is 5.56 Å². The van der Waals surface area contributed by atoms with Gasteiger partial charge in [-0.15, -0.1) is 0 Å². The van der Waals surface area contributed by atoms with Crippen LogP contribution in [-0.2, 0) is 12.8 Å². The molecule has 1 heterocycles. The van der Waals surface area contributed by atoms with E-state index in [4.69, 9.17) is 5.11 Å². The van der Waals surface area contributed by atoms with Gasteiger partial charge in [0, 0.05) is 5.69 Å². The van der Waals surface area contributed by atoms with Gasteiger partial charge in [0.1, 0.15) is 5.56 Å². The molecule has 0 bridgehead atoms. The quantitative estimate of drug-likeness (QED) is 0.758. The van der Waals surface area contributed by atoms with Gasteiger partial charge in [-0.2, -0.15) is 0 Å². The summed E-state index contributed by atoms with van der Waals surface area (Å²) in [6, 6.07) is 1.54. The number of H-pyrrole nitrogens is 1. The van der Waals surface area contributed by atoms with E-state index in [2.05, 4.69) is 4.98 Å². The van der Waals surface area contributed by atoms with Gasteiger partial charge in [0.25, 0.3) is 5.56 Å². The summed E-state index contributed by atoms with van der Waals surface area (Å²) < 4.78 is 0. The lowest BCUT2D eigenvalue weighted by Crippen LogP contribution is -2.21. The molecule has 0 radical (unpaired) electrons. The Kier molecular flexibility index (Phi) is 3.08. The van der Waals surface area contributed by atoms with Gasteiger partial charge in [-0.1, -0.05) is 12.8 Å². The maximum Gasteiger partial charge on any atom is 0.341 e. The SMILES string of the molecule is O=C(O)c1cc2c([nH]c1=O)CCCCCC2. The Labute approximate surface area is 93.3 Å². The average molecular weight is 221 g/mol. The van der Waals surface area contributed by atoms with Crippen LogP contribution in [0.4, 0.5) is 0 Å². The molecule has 0 amide bonds. The zero-order valence-electron chi connectivity index (χ0n) is 9.08. The van der Waals surface area contributed by atoms with Crippen LogP contribution in [0, 0.1) is 0 Å². The molecule has 1 aromatic heterocycles. The Morgan fingerprint density at radius 2 is 1.88 bits per heavy atom. The lowest BCUT2D eigenvalue weighted by atomic mass is 9.96. The molecule has 0 aromatic carbocycles. The second-order valence-corrected chi connectivity index (χ2v) is 4.24. The number of aromatic nitrogens is 1. The van der Waals surface area contributed by atoms with Crippen LogP contribution in [0.2, 0.25) is 0 Å². The number of aromatic amines is 1. The third kappa shape index (κ3) is 2.15. The minimum Gasteiger partial charge on any atom is -0.477 e. The van der Waals surface area contributed by atoms with Crippen LogP contribution >= 0.6 is 0 Å². The number of nitrogens with one attached hydrogen (secondary N) is 1. The van der Waals surface area contributed by atoms with E-state index < -0.39 is 11.5 Å². The number of fused-ring (bicyclic) bond motifs is 1. The van der Waals surface area contributed by atoms with Crippen LogP contribution in [-0.4, -0.2) is 16.1 Å². The van der Waals surface area contributed by atoms with E-state index in [1.807, 2.05) is 0 Å². The number of hydrogen-bond donors (Lipinski definition) is 2. The number of aromatic carboxylic acids is 1. The van der Waals surface area contributed by atoms with E-state index in [-0.39, 0.29) is 5.56 Å². The minimum atomic E-state index is -1.15. The summed E-state index contributed by atoms with van der Waals surface area (Å²) in [6.07, 6.45) is 6.22. The fraction of sp³-hybridized carbons (Fsp3) is 0.500. The van der Waals surface area contributed by atoms with Gasteiger partial charge in [0.2, 0.25) is 0 Å². The number of carboxylic acids is 1. The van der Waals surface area contributed by atoms with Gasteiger partial charge in [-0.25, -0.2) is 4.79 Å². The first-order valence-electron chi connectivity index (χ1n) is 5.67. The third-order valence-electron chi connectivity index (χ3n) is 3.07. The predicted octanol–water partition coefficient (Wildman–Crippen LogP) is 1.73. The normalized spacial score (nSPS) is 16.0. The molecule has 2 rings (SSSR count). The Bertz CT molecular complexity index is 462. The maximum atomic E-state index is 11.5. The first-order valence-corrected chi connectivity index (χ1v) is 5.67. The third-order valence-corrected chi connectivity index (χ3v) is 3.07. The van der Waals surface area contributed by atoms with Crippen molar-refractivity contribution >= 4 is 5.97 Å². The van der Waals surface area contributed by atoms with Gasteiger partial charge in [0.15, 0.2) is 0 Å². The summed E-state index contributed by atoms with van der Waals surface area (Å²) in [5.74, 6) is -1.15. The zero-order valence-corrected chi connectivity index (χ0v) is 9.08. The van der Waals surface area contributed by atoms with E-state index in [0.29, 0.717) is 0 Å². The van der Waals surface area contributed by atoms with E-state index in [1.54, 1.807) is 6.07 Å². The molecular weight excluding hydrogens is 206 g/mol. The molecule has 2 N–H and O–H groups in total. The fourth-order valence-corrected chi connectivity index (χ4v) is 2.19. The minimum absolute atomic E-state index is 0.140. The molecule has 4 heteroatoms. The maximum absolute atomic E-state index is 11.5. The summed E-state index contributed by atoms with van der Waals surface area (Å²) in [4.78, 5) is 25.0. The number of carbonyl (C=O) groups is 1. The number of rotatable bonds is 1. The van der Waals surface area contributed by atoms with Crippen molar-refractivity contribution in [2.75, 3.05) is 0 Å². The molecule has 1 aliphatic carbocycles. The van der Waals surface area contributed by atoms with Gasteiger partial charge < -0.3 is 10.1 Å². The van der Waals surface area contributed by atoms with Crippen molar-refractivity contribution in [3.63, 3.8) is 0 Å². The Morgan fingerprint density at radius 1 is 1.19 bits per heavy atom. The molecule has 0 saturated carbocycles. The molecule has 4 nitrogen and oxygen atoms in total. The van der Waals surface area contributed by atoms with E-state index in [0.717, 1.165) is 36.9 Å². The number of carboxylic acid groups (broad SMARTS) is 1.